The normalized spacial score (nSPS) is 30.5. The molecule has 0 radical (unpaired) electrons. The van der Waals surface area contributed by atoms with E-state index in [1.165, 1.54) is 37.8 Å². The summed E-state index contributed by atoms with van der Waals surface area (Å²) in [4.78, 5) is 2.62. The number of halogens is 2. The Labute approximate surface area is 128 Å². The first kappa shape index (κ1) is 13.7. The summed E-state index contributed by atoms with van der Waals surface area (Å²) in [6.07, 6.45) is 6.44. The van der Waals surface area contributed by atoms with Crippen molar-refractivity contribution in [2.24, 2.45) is 0 Å². The minimum atomic E-state index is 0.653. The van der Waals surface area contributed by atoms with Crippen molar-refractivity contribution in [3.8, 4) is 0 Å². The highest BCUT2D eigenvalue weighted by molar-refractivity contribution is 9.10. The topological polar surface area (TPSA) is 15.3 Å². The lowest BCUT2D eigenvalue weighted by molar-refractivity contribution is 0.252. The second kappa shape index (κ2) is 5.63. The lowest BCUT2D eigenvalue weighted by atomic mass is 9.81. The number of piperidine rings is 2. The van der Waals surface area contributed by atoms with Crippen LogP contribution in [0.25, 0.3) is 0 Å². The molecular formula is C15H20BrClN2. The highest BCUT2D eigenvalue weighted by Gasteiger charge is 2.38. The third kappa shape index (κ3) is 2.53. The van der Waals surface area contributed by atoms with E-state index in [1.807, 2.05) is 6.07 Å². The third-order valence-corrected chi connectivity index (χ3v) is 5.97. The predicted octanol–water partition coefficient (Wildman–Crippen LogP) is 4.21. The third-order valence-electron chi connectivity index (χ3n) is 4.59. The van der Waals surface area contributed by atoms with E-state index in [9.17, 15) is 0 Å². The van der Waals surface area contributed by atoms with Crippen molar-refractivity contribution in [3.05, 3.63) is 27.7 Å². The van der Waals surface area contributed by atoms with Crippen LogP contribution in [-0.2, 0) is 0 Å². The summed E-state index contributed by atoms with van der Waals surface area (Å²) in [5.74, 6) is 0. The minimum Gasteiger partial charge on any atom is -0.364 e. The number of hydrogen-bond donors (Lipinski definition) is 1. The van der Waals surface area contributed by atoms with Crippen molar-refractivity contribution in [2.75, 3.05) is 11.9 Å². The summed E-state index contributed by atoms with van der Waals surface area (Å²) in [6, 6.07) is 8.18. The van der Waals surface area contributed by atoms with Gasteiger partial charge in [-0.05, 0) is 67.2 Å². The number of fused-ring (bicyclic) bond motifs is 2. The molecule has 19 heavy (non-hydrogen) atoms. The maximum absolute atomic E-state index is 6.26. The average molecular weight is 344 g/mol. The Morgan fingerprint density at radius 2 is 1.95 bits per heavy atom. The van der Waals surface area contributed by atoms with Crippen molar-refractivity contribution >= 4 is 33.2 Å². The van der Waals surface area contributed by atoms with Crippen molar-refractivity contribution in [3.63, 3.8) is 0 Å². The molecule has 104 valence electrons. The fourth-order valence-corrected chi connectivity index (χ4v) is 4.34. The molecule has 1 N–H and O–H groups in total. The van der Waals surface area contributed by atoms with Gasteiger partial charge >= 0.3 is 0 Å². The van der Waals surface area contributed by atoms with Gasteiger partial charge in [-0.15, -0.1) is 0 Å². The lowest BCUT2D eigenvalue weighted by Gasteiger charge is -2.50. The largest absolute Gasteiger partial charge is 0.364 e. The van der Waals surface area contributed by atoms with E-state index in [2.05, 4.69) is 45.3 Å². The first-order valence-electron chi connectivity index (χ1n) is 7.10. The van der Waals surface area contributed by atoms with Crippen LogP contribution in [0.5, 0.6) is 0 Å². The quantitative estimate of drug-likeness (QED) is 0.865. The molecule has 0 amide bonds. The molecule has 0 aromatic heterocycles. The van der Waals surface area contributed by atoms with Crippen LogP contribution in [0.15, 0.2) is 22.7 Å². The molecule has 2 aliphatic rings. The van der Waals surface area contributed by atoms with Gasteiger partial charge in [0.15, 0.2) is 0 Å². The van der Waals surface area contributed by atoms with Gasteiger partial charge in [-0.1, -0.05) is 17.7 Å². The SMILES string of the molecule is CNC1CC2CCCC(C1)N2c1cccc(Cl)c1Br. The number of rotatable bonds is 2. The zero-order chi connectivity index (χ0) is 13.4. The van der Waals surface area contributed by atoms with E-state index < -0.39 is 0 Å². The monoisotopic (exact) mass is 342 g/mol. The van der Waals surface area contributed by atoms with Gasteiger partial charge in [-0.3, -0.25) is 0 Å². The Morgan fingerprint density at radius 1 is 1.26 bits per heavy atom. The zero-order valence-electron chi connectivity index (χ0n) is 11.2. The fraction of sp³-hybridized carbons (Fsp3) is 0.600. The summed E-state index contributed by atoms with van der Waals surface area (Å²) in [7, 11) is 2.09. The average Bonchev–Trinajstić information content (AvgIpc) is 2.40. The molecule has 2 atom stereocenters. The Kier molecular flexibility index (Phi) is 4.06. The van der Waals surface area contributed by atoms with Gasteiger partial charge in [0.2, 0.25) is 0 Å². The Bertz CT molecular complexity index is 451. The molecule has 0 aliphatic carbocycles. The van der Waals surface area contributed by atoms with Crippen molar-refractivity contribution in [2.45, 2.75) is 50.2 Å². The van der Waals surface area contributed by atoms with E-state index in [0.717, 1.165) is 9.50 Å². The van der Waals surface area contributed by atoms with Crippen LogP contribution in [0, 0.1) is 0 Å². The van der Waals surface area contributed by atoms with Crippen molar-refractivity contribution in [1.82, 2.24) is 5.32 Å². The summed E-state index contributed by atoms with van der Waals surface area (Å²) >= 11 is 9.93. The highest BCUT2D eigenvalue weighted by atomic mass is 79.9. The van der Waals surface area contributed by atoms with Gasteiger partial charge in [0.25, 0.3) is 0 Å². The van der Waals surface area contributed by atoms with Gasteiger partial charge in [0, 0.05) is 18.1 Å². The molecule has 2 unspecified atom stereocenters. The number of anilines is 1. The summed E-state index contributed by atoms with van der Waals surface area (Å²) < 4.78 is 1.05. The van der Waals surface area contributed by atoms with Crippen LogP contribution in [-0.4, -0.2) is 25.2 Å². The van der Waals surface area contributed by atoms with Crippen LogP contribution in [0.3, 0.4) is 0 Å². The predicted molar refractivity (Wildman–Crippen MR) is 85.1 cm³/mol. The van der Waals surface area contributed by atoms with Gasteiger partial charge in [0.1, 0.15) is 0 Å². The number of nitrogens with one attached hydrogen (secondary N) is 1. The summed E-state index contributed by atoms with van der Waals surface area (Å²) in [5.41, 5.74) is 1.27. The van der Waals surface area contributed by atoms with Crippen molar-refractivity contribution < 1.29 is 0 Å². The molecule has 2 fully saturated rings. The van der Waals surface area contributed by atoms with Crippen LogP contribution < -0.4 is 10.2 Å². The number of nitrogens with zero attached hydrogens (tertiary/aromatic N) is 1. The molecule has 2 aliphatic heterocycles. The first-order valence-corrected chi connectivity index (χ1v) is 8.27. The Morgan fingerprint density at radius 3 is 2.58 bits per heavy atom. The van der Waals surface area contributed by atoms with Gasteiger partial charge in [0.05, 0.1) is 15.2 Å². The fourth-order valence-electron chi connectivity index (χ4n) is 3.70. The van der Waals surface area contributed by atoms with Crippen LogP contribution >= 0.6 is 27.5 Å². The second-order valence-electron chi connectivity index (χ2n) is 5.68. The van der Waals surface area contributed by atoms with E-state index >= 15 is 0 Å². The molecule has 1 aromatic rings. The van der Waals surface area contributed by atoms with E-state index in [-0.39, 0.29) is 0 Å². The first-order chi connectivity index (χ1) is 9.20. The maximum atomic E-state index is 6.26. The second-order valence-corrected chi connectivity index (χ2v) is 6.88. The molecule has 2 saturated heterocycles. The zero-order valence-corrected chi connectivity index (χ0v) is 13.5. The van der Waals surface area contributed by atoms with Gasteiger partial charge < -0.3 is 10.2 Å². The molecule has 3 rings (SSSR count). The Hall–Kier alpha value is -0.250. The summed E-state index contributed by atoms with van der Waals surface area (Å²) in [6.45, 7) is 0. The van der Waals surface area contributed by atoms with Gasteiger partial charge in [-0.2, -0.15) is 0 Å². The van der Waals surface area contributed by atoms with Crippen LogP contribution in [0.2, 0.25) is 5.02 Å². The smallest absolute Gasteiger partial charge is 0.0595 e. The molecule has 0 spiro atoms. The molecule has 0 saturated carbocycles. The lowest BCUT2D eigenvalue weighted by Crippen LogP contribution is -2.56. The standard InChI is InChI=1S/C15H20BrClN2/c1-18-10-8-11-4-2-5-12(9-10)19(11)14-7-3-6-13(17)15(14)16/h3,6-7,10-12,18H,2,4-5,8-9H2,1H3. The molecular weight excluding hydrogens is 324 g/mol. The molecule has 4 heteroatoms. The highest BCUT2D eigenvalue weighted by Crippen LogP contribution is 2.42. The molecule has 1 aromatic carbocycles. The Balaban J connectivity index is 1.94. The number of benzene rings is 1. The minimum absolute atomic E-state index is 0.653. The number of hydrogen-bond acceptors (Lipinski definition) is 2. The van der Waals surface area contributed by atoms with E-state index in [1.54, 1.807) is 0 Å². The molecule has 2 bridgehead atoms. The molecule has 2 heterocycles. The van der Waals surface area contributed by atoms with Crippen molar-refractivity contribution in [1.29, 1.82) is 0 Å². The van der Waals surface area contributed by atoms with E-state index in [4.69, 9.17) is 11.6 Å². The molecule has 2 nitrogen and oxygen atoms in total. The maximum Gasteiger partial charge on any atom is 0.0595 e. The van der Waals surface area contributed by atoms with Gasteiger partial charge in [-0.25, -0.2) is 0 Å². The van der Waals surface area contributed by atoms with E-state index in [0.29, 0.717) is 18.1 Å². The summed E-state index contributed by atoms with van der Waals surface area (Å²) in [5, 5.41) is 4.28. The van der Waals surface area contributed by atoms with Crippen LogP contribution in [0.4, 0.5) is 5.69 Å². The van der Waals surface area contributed by atoms with Crippen LogP contribution in [0.1, 0.15) is 32.1 Å².